The molecule has 0 spiro atoms. The van der Waals surface area contributed by atoms with Gasteiger partial charge in [0.2, 0.25) is 0 Å². The molecule has 0 saturated heterocycles. The van der Waals surface area contributed by atoms with Crippen molar-refractivity contribution < 1.29 is 0 Å². The first-order chi connectivity index (χ1) is 6.90. The van der Waals surface area contributed by atoms with Gasteiger partial charge in [-0.05, 0) is 30.7 Å². The summed E-state index contributed by atoms with van der Waals surface area (Å²) in [5.41, 5.74) is 2.79. The molecule has 0 fully saturated rings. The van der Waals surface area contributed by atoms with Crippen LogP contribution in [-0.4, -0.2) is 15.2 Å². The van der Waals surface area contributed by atoms with Gasteiger partial charge in [-0.2, -0.15) is 5.10 Å². The molecular weight excluding hydrogens is 174 g/mol. The first kappa shape index (κ1) is 8.81. The zero-order valence-corrected chi connectivity index (χ0v) is 8.01. The lowest BCUT2D eigenvalue weighted by Gasteiger charge is -2.00. The van der Waals surface area contributed by atoms with Crippen molar-refractivity contribution in [2.75, 3.05) is 0 Å². The van der Waals surface area contributed by atoms with Gasteiger partial charge in [0.25, 0.3) is 0 Å². The van der Waals surface area contributed by atoms with Gasteiger partial charge in [-0.25, -0.2) is 0 Å². The number of rotatable bonds is 2. The van der Waals surface area contributed by atoms with Crippen LogP contribution in [0.4, 0.5) is 0 Å². The number of pyridine rings is 1. The van der Waals surface area contributed by atoms with E-state index in [1.54, 1.807) is 6.20 Å². The third-order valence-electron chi connectivity index (χ3n) is 2.00. The van der Waals surface area contributed by atoms with Crippen molar-refractivity contribution in [2.24, 2.45) is 0 Å². The molecule has 14 heavy (non-hydrogen) atoms. The standard InChI is InChI=1S/C11H11N3/c1-2-9-5-3-6-10(13-9)11-7-4-8-12-14-11/h3-8H,2H2,1H3. The third-order valence-corrected chi connectivity index (χ3v) is 2.00. The Morgan fingerprint density at radius 1 is 1.07 bits per heavy atom. The first-order valence-corrected chi connectivity index (χ1v) is 4.64. The Kier molecular flexibility index (Phi) is 2.49. The van der Waals surface area contributed by atoms with Crippen LogP contribution < -0.4 is 0 Å². The van der Waals surface area contributed by atoms with E-state index in [1.807, 2.05) is 30.3 Å². The second-order valence-corrected chi connectivity index (χ2v) is 2.98. The predicted molar refractivity (Wildman–Crippen MR) is 54.6 cm³/mol. The number of aromatic nitrogens is 3. The van der Waals surface area contributed by atoms with E-state index in [2.05, 4.69) is 22.1 Å². The van der Waals surface area contributed by atoms with Gasteiger partial charge in [-0.3, -0.25) is 4.98 Å². The highest BCUT2D eigenvalue weighted by atomic mass is 15.1. The Hall–Kier alpha value is -1.77. The molecule has 0 radical (unpaired) electrons. The van der Waals surface area contributed by atoms with Crippen molar-refractivity contribution in [3.63, 3.8) is 0 Å². The van der Waals surface area contributed by atoms with Crippen LogP contribution in [0, 0.1) is 0 Å². The highest BCUT2D eigenvalue weighted by Crippen LogP contribution is 2.12. The molecule has 2 aromatic heterocycles. The Bertz CT molecular complexity index is 412. The molecule has 0 atom stereocenters. The highest BCUT2D eigenvalue weighted by molar-refractivity contribution is 5.52. The summed E-state index contributed by atoms with van der Waals surface area (Å²) in [5.74, 6) is 0. The summed E-state index contributed by atoms with van der Waals surface area (Å²) in [6.07, 6.45) is 2.60. The fourth-order valence-electron chi connectivity index (χ4n) is 1.26. The lowest BCUT2D eigenvalue weighted by Crippen LogP contribution is -1.92. The van der Waals surface area contributed by atoms with E-state index >= 15 is 0 Å². The molecule has 2 rings (SSSR count). The van der Waals surface area contributed by atoms with Crippen molar-refractivity contribution in [3.8, 4) is 11.4 Å². The Morgan fingerprint density at radius 3 is 2.64 bits per heavy atom. The Balaban J connectivity index is 2.42. The number of hydrogen-bond donors (Lipinski definition) is 0. The molecule has 0 bridgehead atoms. The van der Waals surface area contributed by atoms with Crippen molar-refractivity contribution in [2.45, 2.75) is 13.3 Å². The monoisotopic (exact) mass is 185 g/mol. The lowest BCUT2D eigenvalue weighted by molar-refractivity contribution is 1.00. The van der Waals surface area contributed by atoms with Gasteiger partial charge in [0.15, 0.2) is 0 Å². The largest absolute Gasteiger partial charge is 0.251 e. The van der Waals surface area contributed by atoms with Gasteiger partial charge in [0, 0.05) is 11.9 Å². The van der Waals surface area contributed by atoms with Gasteiger partial charge < -0.3 is 0 Å². The number of nitrogens with zero attached hydrogens (tertiary/aromatic N) is 3. The van der Waals surface area contributed by atoms with Crippen molar-refractivity contribution in [1.82, 2.24) is 15.2 Å². The van der Waals surface area contributed by atoms with Gasteiger partial charge in [-0.1, -0.05) is 13.0 Å². The van der Waals surface area contributed by atoms with Gasteiger partial charge in [0.1, 0.15) is 5.69 Å². The number of aryl methyl sites for hydroxylation is 1. The smallest absolute Gasteiger partial charge is 0.111 e. The lowest BCUT2D eigenvalue weighted by atomic mass is 10.2. The average Bonchev–Trinajstić information content (AvgIpc) is 2.30. The molecule has 0 aliphatic carbocycles. The van der Waals surface area contributed by atoms with E-state index in [4.69, 9.17) is 0 Å². The molecule has 2 heterocycles. The minimum Gasteiger partial charge on any atom is -0.251 e. The van der Waals surface area contributed by atoms with Crippen LogP contribution in [0.15, 0.2) is 36.5 Å². The van der Waals surface area contributed by atoms with Gasteiger partial charge >= 0.3 is 0 Å². The fourth-order valence-corrected chi connectivity index (χ4v) is 1.26. The van der Waals surface area contributed by atoms with Crippen molar-refractivity contribution >= 4 is 0 Å². The van der Waals surface area contributed by atoms with Crippen LogP contribution in [0.25, 0.3) is 11.4 Å². The van der Waals surface area contributed by atoms with E-state index in [9.17, 15) is 0 Å². The maximum Gasteiger partial charge on any atom is 0.111 e. The topological polar surface area (TPSA) is 38.7 Å². The third kappa shape index (κ3) is 1.76. The molecule has 0 aromatic carbocycles. The van der Waals surface area contributed by atoms with Crippen LogP contribution in [-0.2, 0) is 6.42 Å². The van der Waals surface area contributed by atoms with Crippen molar-refractivity contribution in [3.05, 3.63) is 42.2 Å². The quantitative estimate of drug-likeness (QED) is 0.719. The molecule has 0 saturated carbocycles. The van der Waals surface area contributed by atoms with Crippen LogP contribution in [0.3, 0.4) is 0 Å². The molecule has 3 heteroatoms. The summed E-state index contributed by atoms with van der Waals surface area (Å²) in [6, 6.07) is 9.73. The normalized spacial score (nSPS) is 10.1. The second kappa shape index (κ2) is 3.96. The van der Waals surface area contributed by atoms with Gasteiger partial charge in [0.05, 0.1) is 5.69 Å². The zero-order valence-electron chi connectivity index (χ0n) is 8.01. The zero-order chi connectivity index (χ0) is 9.80. The molecular formula is C11H11N3. The maximum absolute atomic E-state index is 4.46. The number of hydrogen-bond acceptors (Lipinski definition) is 3. The molecule has 0 N–H and O–H groups in total. The van der Waals surface area contributed by atoms with E-state index in [-0.39, 0.29) is 0 Å². The molecule has 0 amide bonds. The van der Waals surface area contributed by atoms with E-state index < -0.39 is 0 Å². The highest BCUT2D eigenvalue weighted by Gasteiger charge is 2.00. The Morgan fingerprint density at radius 2 is 1.93 bits per heavy atom. The molecule has 0 aliphatic heterocycles. The van der Waals surface area contributed by atoms with Crippen LogP contribution in [0.1, 0.15) is 12.6 Å². The summed E-state index contributed by atoms with van der Waals surface area (Å²) in [6.45, 7) is 2.09. The fraction of sp³-hybridized carbons (Fsp3) is 0.182. The van der Waals surface area contributed by atoms with Crippen LogP contribution >= 0.6 is 0 Å². The van der Waals surface area contributed by atoms with Crippen LogP contribution in [0.5, 0.6) is 0 Å². The van der Waals surface area contributed by atoms with Crippen LogP contribution in [0.2, 0.25) is 0 Å². The van der Waals surface area contributed by atoms with Crippen molar-refractivity contribution in [1.29, 1.82) is 0 Å². The maximum atomic E-state index is 4.46. The minimum atomic E-state index is 0.822. The molecule has 3 nitrogen and oxygen atoms in total. The summed E-state index contributed by atoms with van der Waals surface area (Å²) < 4.78 is 0. The minimum absolute atomic E-state index is 0.822. The average molecular weight is 185 g/mol. The first-order valence-electron chi connectivity index (χ1n) is 4.64. The predicted octanol–water partition coefficient (Wildman–Crippen LogP) is 2.10. The molecule has 0 aliphatic rings. The van der Waals surface area contributed by atoms with E-state index in [0.29, 0.717) is 0 Å². The Labute approximate surface area is 82.8 Å². The molecule has 70 valence electrons. The molecule has 2 aromatic rings. The second-order valence-electron chi connectivity index (χ2n) is 2.98. The summed E-state index contributed by atoms with van der Waals surface area (Å²) in [4.78, 5) is 4.46. The summed E-state index contributed by atoms with van der Waals surface area (Å²) in [5, 5.41) is 7.84. The summed E-state index contributed by atoms with van der Waals surface area (Å²) in [7, 11) is 0. The van der Waals surface area contributed by atoms with Gasteiger partial charge in [-0.15, -0.1) is 5.10 Å². The summed E-state index contributed by atoms with van der Waals surface area (Å²) >= 11 is 0. The van der Waals surface area contributed by atoms with E-state index in [0.717, 1.165) is 23.5 Å². The molecule has 0 unspecified atom stereocenters. The SMILES string of the molecule is CCc1cccc(-c2cccnn2)n1. The van der Waals surface area contributed by atoms with E-state index in [1.165, 1.54) is 0 Å².